The van der Waals surface area contributed by atoms with Crippen LogP contribution in [0.4, 0.5) is 5.69 Å². The van der Waals surface area contributed by atoms with Gasteiger partial charge in [-0.15, -0.1) is 11.8 Å². The molecule has 6 atom stereocenters. The van der Waals surface area contributed by atoms with Gasteiger partial charge in [0.25, 0.3) is 0 Å². The summed E-state index contributed by atoms with van der Waals surface area (Å²) in [5.41, 5.74) is 1.33. The molecule has 4 rings (SSSR count). The number of fused-ring (bicyclic) bond motifs is 1. The molecule has 2 amide bonds. The molecular formula is C22H27ClN2O5S. The second-order valence-electron chi connectivity index (χ2n) is 8.51. The smallest absolute Gasteiger partial charge is 0.310 e. The molecule has 3 saturated heterocycles. The fourth-order valence-electron chi connectivity index (χ4n) is 5.44. The van der Waals surface area contributed by atoms with Crippen LogP contribution in [-0.4, -0.2) is 63.1 Å². The van der Waals surface area contributed by atoms with Gasteiger partial charge in [-0.1, -0.05) is 23.7 Å². The van der Waals surface area contributed by atoms with Crippen LogP contribution in [0.3, 0.4) is 0 Å². The lowest BCUT2D eigenvalue weighted by molar-refractivity contribution is -0.154. The molecule has 0 aliphatic carbocycles. The maximum absolute atomic E-state index is 13.6. The zero-order valence-electron chi connectivity index (χ0n) is 17.8. The second kappa shape index (κ2) is 8.30. The molecule has 1 spiro atoms. The molecule has 3 aliphatic heterocycles. The van der Waals surface area contributed by atoms with E-state index in [4.69, 9.17) is 16.3 Å². The Kier molecular flexibility index (Phi) is 6.00. The lowest BCUT2D eigenvalue weighted by Crippen LogP contribution is -2.54. The van der Waals surface area contributed by atoms with Gasteiger partial charge in [-0.2, -0.15) is 0 Å². The van der Waals surface area contributed by atoms with E-state index in [0.29, 0.717) is 17.1 Å². The summed E-state index contributed by atoms with van der Waals surface area (Å²) in [6, 6.07) is 3.99. The number of hydrogen-bond donors (Lipinski definition) is 2. The van der Waals surface area contributed by atoms with E-state index in [2.05, 4.69) is 5.32 Å². The van der Waals surface area contributed by atoms with Crippen molar-refractivity contribution in [3.8, 4) is 0 Å². The van der Waals surface area contributed by atoms with Crippen molar-refractivity contribution in [2.24, 2.45) is 11.8 Å². The van der Waals surface area contributed by atoms with E-state index in [1.54, 1.807) is 37.7 Å². The number of benzene rings is 1. The molecule has 9 heteroatoms. The van der Waals surface area contributed by atoms with E-state index in [0.717, 1.165) is 12.0 Å². The van der Waals surface area contributed by atoms with Crippen LogP contribution >= 0.6 is 23.4 Å². The van der Waals surface area contributed by atoms with Gasteiger partial charge >= 0.3 is 5.97 Å². The number of anilines is 1. The van der Waals surface area contributed by atoms with Gasteiger partial charge in [0.15, 0.2) is 0 Å². The van der Waals surface area contributed by atoms with Crippen LogP contribution < -0.4 is 5.32 Å². The number of para-hydroxylation sites is 1. The highest BCUT2D eigenvalue weighted by Gasteiger charge is 2.74. The first-order valence-corrected chi connectivity index (χ1v) is 11.9. The first kappa shape index (κ1) is 22.4. The van der Waals surface area contributed by atoms with Crippen LogP contribution in [0.15, 0.2) is 18.2 Å². The summed E-state index contributed by atoms with van der Waals surface area (Å²) >= 11 is 7.88. The Morgan fingerprint density at radius 2 is 2.19 bits per heavy atom. The highest BCUT2D eigenvalue weighted by Crippen LogP contribution is 2.66. The Morgan fingerprint density at radius 3 is 2.84 bits per heavy atom. The third-order valence-electron chi connectivity index (χ3n) is 6.75. The fourth-order valence-corrected chi connectivity index (χ4v) is 7.90. The molecule has 0 radical (unpaired) electrons. The summed E-state index contributed by atoms with van der Waals surface area (Å²) in [6.07, 6.45) is 1.40. The number of nitrogens with zero attached hydrogens (tertiary/aromatic N) is 1. The van der Waals surface area contributed by atoms with Crippen molar-refractivity contribution in [1.82, 2.24) is 4.90 Å². The number of carbonyl (C=O) groups excluding carboxylic acids is 3. The van der Waals surface area contributed by atoms with Crippen molar-refractivity contribution in [2.75, 3.05) is 18.5 Å². The second-order valence-corrected chi connectivity index (χ2v) is 10.5. The minimum absolute atomic E-state index is 0.0445. The number of aliphatic hydroxyl groups excluding tert-OH is 1. The van der Waals surface area contributed by atoms with Gasteiger partial charge in [0, 0.05) is 5.25 Å². The number of ether oxygens (including phenoxy) is 1. The topological polar surface area (TPSA) is 95.9 Å². The van der Waals surface area contributed by atoms with E-state index in [9.17, 15) is 19.5 Å². The van der Waals surface area contributed by atoms with Crippen LogP contribution in [0.1, 0.15) is 32.3 Å². The van der Waals surface area contributed by atoms with Gasteiger partial charge in [-0.05, 0) is 45.2 Å². The quantitative estimate of drug-likeness (QED) is 0.626. The van der Waals surface area contributed by atoms with Gasteiger partial charge in [0.1, 0.15) is 6.04 Å². The fraction of sp³-hybridized carbons (Fsp3) is 0.591. The number of esters is 1. The maximum atomic E-state index is 13.6. The van der Waals surface area contributed by atoms with Gasteiger partial charge in [0.2, 0.25) is 11.8 Å². The van der Waals surface area contributed by atoms with E-state index >= 15 is 0 Å². The van der Waals surface area contributed by atoms with E-state index in [-0.39, 0.29) is 36.2 Å². The number of aliphatic hydroxyl groups is 1. The van der Waals surface area contributed by atoms with Crippen molar-refractivity contribution in [1.29, 1.82) is 0 Å². The normalized spacial score (nSPS) is 32.2. The summed E-state index contributed by atoms with van der Waals surface area (Å²) in [4.78, 5) is 41.5. The number of halogens is 1. The number of nitrogens with one attached hydrogen (secondary N) is 1. The molecule has 2 bridgehead atoms. The zero-order chi connectivity index (χ0) is 22.5. The number of amides is 2. The molecule has 2 N–H and O–H groups in total. The van der Waals surface area contributed by atoms with E-state index in [1.165, 1.54) is 4.90 Å². The average molecular weight is 467 g/mol. The van der Waals surface area contributed by atoms with Crippen molar-refractivity contribution in [3.05, 3.63) is 28.8 Å². The molecule has 2 unspecified atom stereocenters. The summed E-state index contributed by atoms with van der Waals surface area (Å²) in [5.74, 6) is -2.18. The Balaban J connectivity index is 1.74. The Labute approximate surface area is 190 Å². The molecule has 3 aliphatic rings. The molecule has 0 saturated carbocycles. The SMILES string of the molecule is CCOC(=O)[C@@H]1[C@@H]2CCC3(S2)C(C(=O)Nc2c(C)cccc2Cl)N([C@H](C)CO)C(=O)[C@H]13. The van der Waals surface area contributed by atoms with Crippen molar-refractivity contribution in [2.45, 2.75) is 55.7 Å². The first-order chi connectivity index (χ1) is 14.8. The molecular weight excluding hydrogens is 440 g/mol. The molecule has 7 nitrogen and oxygen atoms in total. The lowest BCUT2D eigenvalue weighted by Gasteiger charge is -2.36. The largest absolute Gasteiger partial charge is 0.466 e. The molecule has 1 aromatic rings. The minimum atomic E-state index is -0.808. The molecule has 1 aromatic carbocycles. The lowest BCUT2D eigenvalue weighted by atomic mass is 9.71. The highest BCUT2D eigenvalue weighted by molar-refractivity contribution is 8.02. The van der Waals surface area contributed by atoms with Crippen LogP contribution in [0.2, 0.25) is 5.02 Å². The predicted octanol–water partition coefficient (Wildman–Crippen LogP) is 2.62. The number of hydrogen-bond acceptors (Lipinski definition) is 6. The number of thioether (sulfide) groups is 1. The predicted molar refractivity (Wildman–Crippen MR) is 119 cm³/mol. The number of aryl methyl sites for hydroxylation is 1. The average Bonchev–Trinajstić information content (AvgIpc) is 3.37. The Hall–Kier alpha value is -1.77. The van der Waals surface area contributed by atoms with Crippen molar-refractivity contribution in [3.63, 3.8) is 0 Å². The molecule has 31 heavy (non-hydrogen) atoms. The van der Waals surface area contributed by atoms with Gasteiger partial charge < -0.3 is 20.1 Å². The van der Waals surface area contributed by atoms with Crippen molar-refractivity contribution >= 4 is 46.8 Å². The summed E-state index contributed by atoms with van der Waals surface area (Å²) in [7, 11) is 0. The van der Waals surface area contributed by atoms with Gasteiger partial charge in [-0.25, -0.2) is 0 Å². The summed E-state index contributed by atoms with van der Waals surface area (Å²) in [6.45, 7) is 5.28. The monoisotopic (exact) mass is 466 g/mol. The van der Waals surface area contributed by atoms with E-state index in [1.807, 2.05) is 13.0 Å². The first-order valence-electron chi connectivity index (χ1n) is 10.6. The zero-order valence-corrected chi connectivity index (χ0v) is 19.3. The van der Waals surface area contributed by atoms with E-state index < -0.39 is 28.7 Å². The number of rotatable bonds is 6. The van der Waals surface area contributed by atoms with Crippen molar-refractivity contribution < 1.29 is 24.2 Å². The molecule has 168 valence electrons. The van der Waals surface area contributed by atoms with Gasteiger partial charge in [-0.3, -0.25) is 14.4 Å². The van der Waals surface area contributed by atoms with Crippen LogP contribution in [-0.2, 0) is 19.1 Å². The van der Waals surface area contributed by atoms with Crippen LogP contribution in [0, 0.1) is 18.8 Å². The molecule has 3 heterocycles. The number of carbonyl (C=O) groups is 3. The van der Waals surface area contributed by atoms with Crippen LogP contribution in [0.25, 0.3) is 0 Å². The standard InChI is InChI=1S/C22H27ClN2O5S/c1-4-30-21(29)15-14-8-9-22(31-14)16(15)20(28)25(12(3)10-26)18(22)19(27)24-17-11(2)6-5-7-13(17)23/h5-7,12,14-16,18,26H,4,8-10H2,1-3H3,(H,24,27)/t12-,14+,15-,16+,18?,22?/m1/s1. The van der Waals surface area contributed by atoms with Gasteiger partial charge in [0.05, 0.1) is 46.5 Å². The summed E-state index contributed by atoms with van der Waals surface area (Å²) < 4.78 is 4.57. The Morgan fingerprint density at radius 1 is 1.45 bits per heavy atom. The maximum Gasteiger partial charge on any atom is 0.310 e. The molecule has 0 aromatic heterocycles. The van der Waals surface area contributed by atoms with Crippen LogP contribution in [0.5, 0.6) is 0 Å². The third kappa shape index (κ3) is 3.34. The summed E-state index contributed by atoms with van der Waals surface area (Å²) in [5, 5.41) is 13.1. The number of likely N-dealkylation sites (tertiary alicyclic amines) is 1. The Bertz CT molecular complexity index is 907. The third-order valence-corrected chi connectivity index (χ3v) is 9.02. The minimum Gasteiger partial charge on any atom is -0.466 e. The molecule has 3 fully saturated rings. The highest BCUT2D eigenvalue weighted by atomic mass is 35.5.